The third-order valence-electron chi connectivity index (χ3n) is 11.2. The molecule has 0 fully saturated rings. The number of aryl methyl sites for hydroxylation is 6. The van der Waals surface area contributed by atoms with E-state index in [1.54, 1.807) is 10.6 Å². The highest BCUT2D eigenvalue weighted by molar-refractivity contribution is 7.85. The normalized spacial score (nSPS) is 12.5. The first-order valence-electron chi connectivity index (χ1n) is 22.6. The Hall–Kier alpha value is -3.04. The molecule has 5 rings (SSSR count). The molecule has 5 aromatic rings. The predicted molar refractivity (Wildman–Crippen MR) is 256 cm³/mol. The van der Waals surface area contributed by atoms with Crippen molar-refractivity contribution in [2.24, 2.45) is 0 Å². The molecule has 0 aliphatic heterocycles. The van der Waals surface area contributed by atoms with E-state index in [0.29, 0.717) is 0 Å². The fraction of sp³-hybridized carbons (Fsp3) is 0.444. The molecular formula is C54H72P2. The molecular weight excluding hydrogens is 711 g/mol. The van der Waals surface area contributed by atoms with E-state index >= 15 is 0 Å². The summed E-state index contributed by atoms with van der Waals surface area (Å²) < 4.78 is 0. The maximum Gasteiger partial charge on any atom is -0.00675 e. The molecule has 0 saturated carbocycles. The van der Waals surface area contributed by atoms with Gasteiger partial charge in [0.1, 0.15) is 0 Å². The molecule has 298 valence electrons. The fourth-order valence-electron chi connectivity index (χ4n) is 8.01. The largest absolute Gasteiger partial charge is 0.0654 e. The molecule has 56 heavy (non-hydrogen) atoms. The van der Waals surface area contributed by atoms with Crippen LogP contribution in [0.1, 0.15) is 152 Å². The minimum absolute atomic E-state index is 0.808. The molecule has 0 saturated heterocycles. The molecule has 0 nitrogen and oxygen atoms in total. The summed E-state index contributed by atoms with van der Waals surface area (Å²) in [7, 11) is -1.62. The average Bonchev–Trinajstić information content (AvgIpc) is 3.23. The molecule has 0 aromatic heterocycles. The summed E-state index contributed by atoms with van der Waals surface area (Å²) in [6.07, 6.45) is 21.7. The van der Waals surface area contributed by atoms with E-state index in [9.17, 15) is 0 Å². The Bertz CT molecular complexity index is 1710. The SMILES string of the molecule is CCCCc1cccc(P(c2cc(CCCC)cc(CCCC)c2)c2ccccc2P(c2cccc(CCCC)c2)c2cc(CCCC)cc(CCCC)c2)c1. The lowest BCUT2D eigenvalue weighted by Gasteiger charge is -2.29. The van der Waals surface area contributed by atoms with Crippen molar-refractivity contribution in [1.82, 2.24) is 0 Å². The van der Waals surface area contributed by atoms with Gasteiger partial charge in [0.25, 0.3) is 0 Å². The smallest absolute Gasteiger partial charge is 0.00675 e. The van der Waals surface area contributed by atoms with Gasteiger partial charge in [0.15, 0.2) is 0 Å². The predicted octanol–water partition coefficient (Wildman–Crippen LogP) is 13.3. The Labute approximate surface area is 345 Å². The van der Waals surface area contributed by atoms with Crippen molar-refractivity contribution in [2.45, 2.75) is 157 Å². The van der Waals surface area contributed by atoms with Gasteiger partial charge in [0.05, 0.1) is 0 Å². The summed E-state index contributed by atoms with van der Waals surface area (Å²) in [6.45, 7) is 14.0. The minimum atomic E-state index is -0.808. The van der Waals surface area contributed by atoms with Gasteiger partial charge in [0, 0.05) is 0 Å². The third kappa shape index (κ3) is 12.7. The zero-order valence-corrected chi connectivity index (χ0v) is 37.8. The fourth-order valence-corrected chi connectivity index (χ4v) is 13.6. The van der Waals surface area contributed by atoms with Crippen LogP contribution >= 0.6 is 15.8 Å². The Morgan fingerprint density at radius 1 is 0.286 bits per heavy atom. The molecule has 0 bridgehead atoms. The van der Waals surface area contributed by atoms with Crippen LogP contribution in [0.4, 0.5) is 0 Å². The van der Waals surface area contributed by atoms with Crippen molar-refractivity contribution in [2.75, 3.05) is 0 Å². The van der Waals surface area contributed by atoms with Crippen LogP contribution in [0.25, 0.3) is 0 Å². The molecule has 0 radical (unpaired) electrons. The van der Waals surface area contributed by atoms with Crippen LogP contribution in [0, 0.1) is 0 Å². The van der Waals surface area contributed by atoms with Gasteiger partial charge in [-0.25, -0.2) is 0 Å². The van der Waals surface area contributed by atoms with Crippen molar-refractivity contribution < 1.29 is 0 Å². The van der Waals surface area contributed by atoms with Crippen molar-refractivity contribution >= 4 is 47.7 Å². The van der Waals surface area contributed by atoms with E-state index in [0.717, 1.165) is 38.5 Å². The molecule has 0 N–H and O–H groups in total. The van der Waals surface area contributed by atoms with E-state index < -0.39 is 15.8 Å². The number of hydrogen-bond acceptors (Lipinski definition) is 0. The summed E-state index contributed by atoms with van der Waals surface area (Å²) >= 11 is 0. The van der Waals surface area contributed by atoms with Gasteiger partial charge < -0.3 is 0 Å². The van der Waals surface area contributed by atoms with E-state index in [1.165, 1.54) is 132 Å². The summed E-state index contributed by atoms with van der Waals surface area (Å²) in [5.41, 5.74) is 9.07. The van der Waals surface area contributed by atoms with Crippen LogP contribution in [-0.4, -0.2) is 0 Å². The van der Waals surface area contributed by atoms with Gasteiger partial charge in [-0.2, -0.15) is 0 Å². The molecule has 0 spiro atoms. The summed E-state index contributed by atoms with van der Waals surface area (Å²) in [6, 6.07) is 44.8. The van der Waals surface area contributed by atoms with Crippen LogP contribution in [0.2, 0.25) is 0 Å². The molecule has 0 aliphatic carbocycles. The first kappa shape index (κ1) is 44.1. The van der Waals surface area contributed by atoms with Crippen LogP contribution in [0.3, 0.4) is 0 Å². The van der Waals surface area contributed by atoms with Crippen LogP contribution in [0.15, 0.2) is 109 Å². The quantitative estimate of drug-likeness (QED) is 0.0547. The number of rotatable bonds is 24. The molecule has 2 heteroatoms. The lowest BCUT2D eigenvalue weighted by molar-refractivity contribution is 0.781. The second-order valence-electron chi connectivity index (χ2n) is 16.1. The standard InChI is InChI=1S/C54H72P2/c1-7-13-23-43-29-21-31-49(37-43)55(51-39-45(25-15-9-3)35-46(40-51)26-16-10-4)53-33-19-20-34-54(53)56(50-32-22-30-44(38-50)24-14-8-2)52-41-47(27-17-11-5)36-48(42-52)28-18-12-6/h19-22,29-42H,7-18,23-28H2,1-6H3. The van der Waals surface area contributed by atoms with E-state index in [1.807, 2.05) is 0 Å². The zero-order chi connectivity index (χ0) is 39.5. The Kier molecular flexibility index (Phi) is 18.9. The second-order valence-corrected chi connectivity index (χ2v) is 20.5. The highest BCUT2D eigenvalue weighted by Gasteiger charge is 2.27. The molecule has 2 unspecified atom stereocenters. The maximum absolute atomic E-state index is 2.62. The molecule has 0 amide bonds. The van der Waals surface area contributed by atoms with E-state index in [-0.39, 0.29) is 0 Å². The van der Waals surface area contributed by atoms with Gasteiger partial charge in [-0.15, -0.1) is 0 Å². The topological polar surface area (TPSA) is 0 Å². The molecule has 2 atom stereocenters. The van der Waals surface area contributed by atoms with E-state index in [4.69, 9.17) is 0 Å². The lowest BCUT2D eigenvalue weighted by atomic mass is 10.0. The molecule has 0 heterocycles. The monoisotopic (exact) mass is 783 g/mol. The summed E-state index contributed by atoms with van der Waals surface area (Å²) in [5.74, 6) is 0. The van der Waals surface area contributed by atoms with Gasteiger partial charge >= 0.3 is 0 Å². The minimum Gasteiger partial charge on any atom is -0.0654 e. The van der Waals surface area contributed by atoms with Crippen molar-refractivity contribution in [3.05, 3.63) is 143 Å². The van der Waals surface area contributed by atoms with Crippen LogP contribution in [-0.2, 0) is 38.5 Å². The lowest BCUT2D eigenvalue weighted by Crippen LogP contribution is -2.35. The third-order valence-corrected chi connectivity index (χ3v) is 16.3. The Morgan fingerprint density at radius 3 is 0.875 bits per heavy atom. The maximum atomic E-state index is 2.62. The molecule has 0 aliphatic rings. The van der Waals surface area contributed by atoms with Gasteiger partial charge in [0.2, 0.25) is 0 Å². The Morgan fingerprint density at radius 2 is 0.571 bits per heavy atom. The van der Waals surface area contributed by atoms with Crippen molar-refractivity contribution in [3.63, 3.8) is 0 Å². The average molecular weight is 783 g/mol. The van der Waals surface area contributed by atoms with Crippen LogP contribution in [0.5, 0.6) is 0 Å². The second kappa shape index (κ2) is 24.0. The van der Waals surface area contributed by atoms with Gasteiger partial charge in [-0.3, -0.25) is 0 Å². The zero-order valence-electron chi connectivity index (χ0n) is 36.0. The van der Waals surface area contributed by atoms with Gasteiger partial charge in [-0.1, -0.05) is 189 Å². The number of unbranched alkanes of at least 4 members (excludes halogenated alkanes) is 6. The number of benzene rings is 5. The van der Waals surface area contributed by atoms with Crippen molar-refractivity contribution in [3.8, 4) is 0 Å². The highest BCUT2D eigenvalue weighted by atomic mass is 31.1. The molecule has 5 aromatic carbocycles. The van der Waals surface area contributed by atoms with E-state index in [2.05, 4.69) is 151 Å². The summed E-state index contributed by atoms with van der Waals surface area (Å²) in [4.78, 5) is 0. The first-order valence-corrected chi connectivity index (χ1v) is 25.3. The Balaban J connectivity index is 1.80. The van der Waals surface area contributed by atoms with Gasteiger partial charge in [-0.05, 0) is 158 Å². The van der Waals surface area contributed by atoms with Crippen molar-refractivity contribution in [1.29, 1.82) is 0 Å². The van der Waals surface area contributed by atoms with Crippen LogP contribution < -0.4 is 31.8 Å². The number of hydrogen-bond donors (Lipinski definition) is 0. The summed E-state index contributed by atoms with van der Waals surface area (Å²) in [5, 5.41) is 9.16. The highest BCUT2D eigenvalue weighted by Crippen LogP contribution is 2.40. The first-order chi connectivity index (χ1) is 27.5.